The Hall–Kier alpha value is -0.780. The van der Waals surface area contributed by atoms with Crippen molar-refractivity contribution >= 4 is 27.3 Å². The molecule has 0 bridgehead atoms. The first-order valence-electron chi connectivity index (χ1n) is 6.32. The van der Waals surface area contributed by atoms with Crippen molar-refractivity contribution in [1.29, 1.82) is 0 Å². The van der Waals surface area contributed by atoms with E-state index in [1.165, 1.54) is 12.1 Å². The van der Waals surface area contributed by atoms with Gasteiger partial charge < -0.3 is 5.73 Å². The summed E-state index contributed by atoms with van der Waals surface area (Å²) in [5.41, 5.74) is 5.99. The molecule has 0 radical (unpaired) electrons. The normalized spacial score (nSPS) is 17.7. The molecule has 1 aliphatic rings. The second-order valence-corrected chi connectivity index (χ2v) is 7.61. The van der Waals surface area contributed by atoms with Crippen LogP contribution in [-0.2, 0) is 10.0 Å². The SMILES string of the molecule is CC(C)C1(CNS(=O)(=O)c2c(N)cccc2Cl)CC1. The Morgan fingerprint density at radius 2 is 2.05 bits per heavy atom. The second kappa shape index (κ2) is 4.96. The third-order valence-corrected chi connectivity index (χ3v) is 5.94. The van der Waals surface area contributed by atoms with Crippen LogP contribution in [0.25, 0.3) is 0 Å². The maximum absolute atomic E-state index is 12.3. The zero-order valence-corrected chi connectivity index (χ0v) is 12.7. The van der Waals surface area contributed by atoms with Crippen LogP contribution < -0.4 is 10.5 Å². The van der Waals surface area contributed by atoms with E-state index >= 15 is 0 Å². The Kier molecular flexibility index (Phi) is 3.82. The number of sulfonamides is 1. The standard InChI is InChI=1S/C13H19ClN2O2S/c1-9(2)13(6-7-13)8-16-19(17,18)12-10(14)4-3-5-11(12)15/h3-5,9,16H,6-8,15H2,1-2H3. The molecule has 1 saturated carbocycles. The van der Waals surface area contributed by atoms with Gasteiger partial charge in [-0.3, -0.25) is 0 Å². The fraction of sp³-hybridized carbons (Fsp3) is 0.538. The van der Waals surface area contributed by atoms with E-state index in [-0.39, 0.29) is 21.0 Å². The molecule has 0 aromatic heterocycles. The van der Waals surface area contributed by atoms with Crippen LogP contribution in [0.1, 0.15) is 26.7 Å². The van der Waals surface area contributed by atoms with Gasteiger partial charge in [-0.15, -0.1) is 0 Å². The summed E-state index contributed by atoms with van der Waals surface area (Å²) in [5.74, 6) is 0.457. The van der Waals surface area contributed by atoms with Gasteiger partial charge in [-0.25, -0.2) is 13.1 Å². The first-order valence-corrected chi connectivity index (χ1v) is 8.18. The molecule has 0 saturated heterocycles. The van der Waals surface area contributed by atoms with Crippen molar-refractivity contribution in [3.05, 3.63) is 23.2 Å². The van der Waals surface area contributed by atoms with Gasteiger partial charge >= 0.3 is 0 Å². The summed E-state index contributed by atoms with van der Waals surface area (Å²) in [6.07, 6.45) is 2.12. The lowest BCUT2D eigenvalue weighted by molar-refractivity contribution is 0.357. The Morgan fingerprint density at radius 3 is 2.53 bits per heavy atom. The van der Waals surface area contributed by atoms with E-state index < -0.39 is 10.0 Å². The Balaban J connectivity index is 2.20. The molecule has 3 N–H and O–H groups in total. The van der Waals surface area contributed by atoms with Crippen LogP contribution in [0, 0.1) is 11.3 Å². The monoisotopic (exact) mass is 302 g/mol. The van der Waals surface area contributed by atoms with Crippen molar-refractivity contribution in [2.75, 3.05) is 12.3 Å². The smallest absolute Gasteiger partial charge is 0.244 e. The van der Waals surface area contributed by atoms with Gasteiger partial charge in [0, 0.05) is 6.54 Å². The lowest BCUT2D eigenvalue weighted by Gasteiger charge is -2.20. The predicted octanol–water partition coefficient (Wildman–Crippen LogP) is 2.64. The molecule has 1 aromatic rings. The van der Waals surface area contributed by atoms with Gasteiger partial charge in [0.15, 0.2) is 0 Å². The summed E-state index contributed by atoms with van der Waals surface area (Å²) < 4.78 is 27.2. The number of benzene rings is 1. The van der Waals surface area contributed by atoms with E-state index in [0.717, 1.165) is 12.8 Å². The number of anilines is 1. The molecule has 0 atom stereocenters. The highest BCUT2D eigenvalue weighted by atomic mass is 35.5. The van der Waals surface area contributed by atoms with Gasteiger partial charge in [0.05, 0.1) is 10.7 Å². The van der Waals surface area contributed by atoms with E-state index in [4.69, 9.17) is 17.3 Å². The highest BCUT2D eigenvalue weighted by Gasteiger charge is 2.45. The fourth-order valence-electron chi connectivity index (χ4n) is 2.24. The van der Waals surface area contributed by atoms with Crippen LogP contribution >= 0.6 is 11.6 Å². The third-order valence-electron chi connectivity index (χ3n) is 4.00. The number of halogens is 1. The molecule has 106 valence electrons. The molecular weight excluding hydrogens is 284 g/mol. The molecular formula is C13H19ClN2O2S. The first kappa shape index (κ1) is 14.6. The van der Waals surface area contributed by atoms with Gasteiger partial charge in [-0.2, -0.15) is 0 Å². The molecule has 19 heavy (non-hydrogen) atoms. The lowest BCUT2D eigenvalue weighted by Crippen LogP contribution is -2.33. The molecule has 0 aliphatic heterocycles. The Bertz CT molecular complexity index is 560. The average Bonchev–Trinajstić information content (AvgIpc) is 3.07. The zero-order valence-electron chi connectivity index (χ0n) is 11.1. The molecule has 1 aliphatic carbocycles. The molecule has 0 amide bonds. The van der Waals surface area contributed by atoms with Crippen molar-refractivity contribution < 1.29 is 8.42 Å². The molecule has 6 heteroatoms. The number of nitrogens with two attached hydrogens (primary N) is 1. The second-order valence-electron chi connectivity index (χ2n) is 5.50. The van der Waals surface area contributed by atoms with Crippen LogP contribution in [0.5, 0.6) is 0 Å². The van der Waals surface area contributed by atoms with Crippen LogP contribution in [-0.4, -0.2) is 15.0 Å². The van der Waals surface area contributed by atoms with Gasteiger partial charge in [0.25, 0.3) is 0 Å². The summed E-state index contributed by atoms with van der Waals surface area (Å²) in [5, 5.41) is 0.155. The molecule has 0 unspecified atom stereocenters. The third kappa shape index (κ3) is 2.88. The minimum atomic E-state index is -3.66. The summed E-state index contributed by atoms with van der Waals surface area (Å²) in [6, 6.07) is 4.70. The van der Waals surface area contributed by atoms with E-state index in [1.807, 2.05) is 0 Å². The molecule has 4 nitrogen and oxygen atoms in total. The number of rotatable bonds is 5. The van der Waals surface area contributed by atoms with Crippen molar-refractivity contribution in [2.45, 2.75) is 31.6 Å². The quantitative estimate of drug-likeness (QED) is 0.821. The number of nitrogen functional groups attached to an aromatic ring is 1. The number of hydrogen-bond acceptors (Lipinski definition) is 3. The molecule has 2 rings (SSSR count). The molecule has 1 aromatic carbocycles. The molecule has 0 spiro atoms. The summed E-state index contributed by atoms with van der Waals surface area (Å²) >= 11 is 5.94. The van der Waals surface area contributed by atoms with Crippen molar-refractivity contribution in [2.24, 2.45) is 11.3 Å². The molecule has 0 heterocycles. The summed E-state index contributed by atoms with van der Waals surface area (Å²) in [7, 11) is -3.66. The van der Waals surface area contributed by atoms with Gasteiger partial charge in [0.1, 0.15) is 4.90 Å². The van der Waals surface area contributed by atoms with Crippen LogP contribution in [0.15, 0.2) is 23.1 Å². The van der Waals surface area contributed by atoms with Gasteiger partial charge in [-0.05, 0) is 36.3 Å². The van der Waals surface area contributed by atoms with E-state index in [2.05, 4.69) is 18.6 Å². The van der Waals surface area contributed by atoms with Crippen LogP contribution in [0.4, 0.5) is 5.69 Å². The minimum absolute atomic E-state index is 0.0174. The highest BCUT2D eigenvalue weighted by Crippen LogP contribution is 2.51. The highest BCUT2D eigenvalue weighted by molar-refractivity contribution is 7.89. The zero-order chi connectivity index (χ0) is 14.3. The predicted molar refractivity (Wildman–Crippen MR) is 77.6 cm³/mol. The van der Waals surface area contributed by atoms with Crippen LogP contribution in [0.2, 0.25) is 5.02 Å². The Labute approximate surface area is 119 Å². The number of nitrogens with one attached hydrogen (secondary N) is 1. The molecule has 1 fully saturated rings. The maximum Gasteiger partial charge on any atom is 0.244 e. The topological polar surface area (TPSA) is 72.2 Å². The lowest BCUT2D eigenvalue weighted by atomic mass is 9.93. The average molecular weight is 303 g/mol. The summed E-state index contributed by atoms with van der Waals surface area (Å²) in [4.78, 5) is -0.0174. The number of hydrogen-bond donors (Lipinski definition) is 2. The first-order chi connectivity index (χ1) is 8.78. The maximum atomic E-state index is 12.3. The van der Waals surface area contributed by atoms with Gasteiger partial charge in [0.2, 0.25) is 10.0 Å². The Morgan fingerprint density at radius 1 is 1.42 bits per heavy atom. The van der Waals surface area contributed by atoms with Crippen LogP contribution in [0.3, 0.4) is 0 Å². The minimum Gasteiger partial charge on any atom is -0.398 e. The van der Waals surface area contributed by atoms with Gasteiger partial charge in [-0.1, -0.05) is 31.5 Å². The fourth-order valence-corrected chi connectivity index (χ4v) is 4.05. The van der Waals surface area contributed by atoms with Crippen molar-refractivity contribution in [3.63, 3.8) is 0 Å². The van der Waals surface area contributed by atoms with E-state index in [9.17, 15) is 8.42 Å². The van der Waals surface area contributed by atoms with Crippen molar-refractivity contribution in [1.82, 2.24) is 4.72 Å². The summed E-state index contributed by atoms with van der Waals surface area (Å²) in [6.45, 7) is 4.67. The van der Waals surface area contributed by atoms with E-state index in [1.54, 1.807) is 6.07 Å². The van der Waals surface area contributed by atoms with E-state index in [0.29, 0.717) is 12.5 Å². The largest absolute Gasteiger partial charge is 0.398 e. The van der Waals surface area contributed by atoms with Crippen molar-refractivity contribution in [3.8, 4) is 0 Å².